The zero-order chi connectivity index (χ0) is 13.2. The van der Waals surface area contributed by atoms with E-state index in [1.54, 1.807) is 29.5 Å². The summed E-state index contributed by atoms with van der Waals surface area (Å²) < 4.78 is 13.7. The maximum atomic E-state index is 13.7. The summed E-state index contributed by atoms with van der Waals surface area (Å²) in [5, 5.41) is 13.7. The molecule has 0 bridgehead atoms. The van der Waals surface area contributed by atoms with Crippen LogP contribution in [0.5, 0.6) is 0 Å². The van der Waals surface area contributed by atoms with Crippen LogP contribution in [0.4, 0.5) is 4.39 Å². The predicted octanol–water partition coefficient (Wildman–Crippen LogP) is 4.32. The molecule has 3 rings (SSSR count). The van der Waals surface area contributed by atoms with Gasteiger partial charge in [-0.2, -0.15) is 0 Å². The molecule has 0 spiro atoms. The second kappa shape index (κ2) is 5.11. The summed E-state index contributed by atoms with van der Waals surface area (Å²) in [6.07, 6.45) is -0.0445. The van der Waals surface area contributed by atoms with Gasteiger partial charge in [-0.3, -0.25) is 0 Å². The number of fused-ring (bicyclic) bond motifs is 1. The summed E-state index contributed by atoms with van der Waals surface area (Å²) >= 11 is 1.62. The highest BCUT2D eigenvalue weighted by atomic mass is 32.1. The Labute approximate surface area is 115 Å². The van der Waals surface area contributed by atoms with Crippen molar-refractivity contribution in [2.45, 2.75) is 12.5 Å². The number of hydrogen-bond donors (Lipinski definition) is 1. The standard InChI is InChI=1S/C16H13FOS/c17-15-8-7-14(12-5-1-2-6-13(12)15)16(18)10-11-4-3-9-19-11/h1-9,16,18H,10H2. The molecular weight excluding hydrogens is 259 g/mol. The van der Waals surface area contributed by atoms with E-state index in [9.17, 15) is 9.50 Å². The van der Waals surface area contributed by atoms with Crippen LogP contribution in [-0.2, 0) is 6.42 Å². The van der Waals surface area contributed by atoms with E-state index in [-0.39, 0.29) is 5.82 Å². The summed E-state index contributed by atoms with van der Waals surface area (Å²) in [5.41, 5.74) is 0.783. The van der Waals surface area contributed by atoms with Gasteiger partial charge in [0.25, 0.3) is 0 Å². The maximum absolute atomic E-state index is 13.7. The van der Waals surface area contributed by atoms with E-state index in [1.807, 2.05) is 29.6 Å². The van der Waals surface area contributed by atoms with Gasteiger partial charge in [-0.15, -0.1) is 11.3 Å². The fourth-order valence-electron chi connectivity index (χ4n) is 2.31. The molecule has 2 aromatic carbocycles. The topological polar surface area (TPSA) is 20.2 Å². The highest BCUT2D eigenvalue weighted by Crippen LogP contribution is 2.29. The average Bonchev–Trinajstić information content (AvgIpc) is 2.92. The molecule has 0 fully saturated rings. The highest BCUT2D eigenvalue weighted by Gasteiger charge is 2.14. The van der Waals surface area contributed by atoms with Crippen molar-refractivity contribution in [3.63, 3.8) is 0 Å². The van der Waals surface area contributed by atoms with E-state index in [1.165, 1.54) is 6.07 Å². The van der Waals surface area contributed by atoms with Crippen LogP contribution >= 0.6 is 11.3 Å². The Morgan fingerprint density at radius 1 is 1.00 bits per heavy atom. The van der Waals surface area contributed by atoms with E-state index in [0.717, 1.165) is 15.8 Å². The number of benzene rings is 2. The highest BCUT2D eigenvalue weighted by molar-refractivity contribution is 7.09. The first kappa shape index (κ1) is 12.3. The van der Waals surface area contributed by atoms with E-state index in [2.05, 4.69) is 0 Å². The third-order valence-electron chi connectivity index (χ3n) is 3.24. The zero-order valence-electron chi connectivity index (χ0n) is 10.2. The van der Waals surface area contributed by atoms with Crippen LogP contribution in [0, 0.1) is 5.82 Å². The molecule has 96 valence electrons. The molecule has 1 aromatic heterocycles. The molecule has 0 aliphatic carbocycles. The largest absolute Gasteiger partial charge is 0.388 e. The summed E-state index contributed by atoms with van der Waals surface area (Å²) in [6.45, 7) is 0. The molecule has 0 aliphatic heterocycles. The van der Waals surface area contributed by atoms with Crippen LogP contribution in [0.2, 0.25) is 0 Å². The van der Waals surface area contributed by atoms with Gasteiger partial charge in [0.15, 0.2) is 0 Å². The predicted molar refractivity (Wildman–Crippen MR) is 76.9 cm³/mol. The van der Waals surface area contributed by atoms with Crippen molar-refractivity contribution in [2.75, 3.05) is 0 Å². The summed E-state index contributed by atoms with van der Waals surface area (Å²) in [7, 11) is 0. The molecule has 1 nitrogen and oxygen atoms in total. The van der Waals surface area contributed by atoms with Crippen molar-refractivity contribution in [3.05, 3.63) is 70.2 Å². The van der Waals surface area contributed by atoms with Crippen LogP contribution in [0.3, 0.4) is 0 Å². The number of aliphatic hydroxyl groups is 1. The van der Waals surface area contributed by atoms with Crippen molar-refractivity contribution >= 4 is 22.1 Å². The smallest absolute Gasteiger partial charge is 0.131 e. The Hall–Kier alpha value is -1.71. The normalized spacial score (nSPS) is 12.7. The number of hydrogen-bond acceptors (Lipinski definition) is 2. The molecule has 1 unspecified atom stereocenters. The minimum Gasteiger partial charge on any atom is -0.388 e. The summed E-state index contributed by atoms with van der Waals surface area (Å²) in [4.78, 5) is 1.13. The van der Waals surface area contributed by atoms with Crippen LogP contribution in [-0.4, -0.2) is 5.11 Å². The molecule has 0 saturated heterocycles. The number of halogens is 1. The molecule has 0 amide bonds. The van der Waals surface area contributed by atoms with Crippen LogP contribution < -0.4 is 0 Å². The number of thiophene rings is 1. The molecule has 0 aliphatic rings. The number of rotatable bonds is 3. The lowest BCUT2D eigenvalue weighted by molar-refractivity contribution is 0.181. The molecule has 0 radical (unpaired) electrons. The van der Waals surface area contributed by atoms with Gasteiger partial charge in [0.05, 0.1) is 6.10 Å². The first-order valence-corrected chi connectivity index (χ1v) is 7.01. The Morgan fingerprint density at radius 3 is 2.53 bits per heavy atom. The molecule has 19 heavy (non-hydrogen) atoms. The molecule has 0 saturated carbocycles. The van der Waals surface area contributed by atoms with Crippen LogP contribution in [0.1, 0.15) is 16.5 Å². The summed E-state index contributed by atoms with van der Waals surface area (Å²) in [6, 6.07) is 14.3. The van der Waals surface area contributed by atoms with Crippen molar-refractivity contribution in [2.24, 2.45) is 0 Å². The third-order valence-corrected chi connectivity index (χ3v) is 4.14. The molecule has 1 heterocycles. The lowest BCUT2D eigenvalue weighted by Gasteiger charge is -2.13. The van der Waals surface area contributed by atoms with Gasteiger partial charge in [0, 0.05) is 16.7 Å². The zero-order valence-corrected chi connectivity index (χ0v) is 11.0. The van der Waals surface area contributed by atoms with E-state index < -0.39 is 6.10 Å². The Morgan fingerprint density at radius 2 is 1.79 bits per heavy atom. The molecule has 3 aromatic rings. The maximum Gasteiger partial charge on any atom is 0.131 e. The Bertz CT molecular complexity index is 691. The molecular formula is C16H13FOS. The van der Waals surface area contributed by atoms with Gasteiger partial charge in [0.1, 0.15) is 5.82 Å². The lowest BCUT2D eigenvalue weighted by Crippen LogP contribution is -2.02. The van der Waals surface area contributed by atoms with Crippen molar-refractivity contribution in [1.29, 1.82) is 0 Å². The summed E-state index contributed by atoms with van der Waals surface area (Å²) in [5.74, 6) is -0.248. The SMILES string of the molecule is OC(Cc1cccs1)c1ccc(F)c2ccccc12. The van der Waals surface area contributed by atoms with Crippen LogP contribution in [0.15, 0.2) is 53.9 Å². The van der Waals surface area contributed by atoms with Crippen molar-refractivity contribution in [3.8, 4) is 0 Å². The second-order valence-corrected chi connectivity index (χ2v) is 5.51. The van der Waals surface area contributed by atoms with Crippen molar-refractivity contribution in [1.82, 2.24) is 0 Å². The van der Waals surface area contributed by atoms with Gasteiger partial charge >= 0.3 is 0 Å². The first-order valence-electron chi connectivity index (χ1n) is 6.13. The minimum atomic E-state index is -0.607. The quantitative estimate of drug-likeness (QED) is 0.753. The van der Waals surface area contributed by atoms with Gasteiger partial charge < -0.3 is 5.11 Å². The van der Waals surface area contributed by atoms with E-state index >= 15 is 0 Å². The van der Waals surface area contributed by atoms with Crippen molar-refractivity contribution < 1.29 is 9.50 Å². The molecule has 1 N–H and O–H groups in total. The van der Waals surface area contributed by atoms with Gasteiger partial charge in [-0.25, -0.2) is 4.39 Å². The Balaban J connectivity index is 2.03. The van der Waals surface area contributed by atoms with Gasteiger partial charge in [0.2, 0.25) is 0 Å². The van der Waals surface area contributed by atoms with Crippen LogP contribution in [0.25, 0.3) is 10.8 Å². The van der Waals surface area contributed by atoms with Gasteiger partial charge in [-0.1, -0.05) is 36.4 Å². The fourth-order valence-corrected chi connectivity index (χ4v) is 3.05. The molecule has 3 heteroatoms. The second-order valence-electron chi connectivity index (χ2n) is 4.48. The first-order chi connectivity index (χ1) is 9.25. The number of aliphatic hydroxyl groups excluding tert-OH is 1. The fraction of sp³-hybridized carbons (Fsp3) is 0.125. The molecule has 1 atom stereocenters. The lowest BCUT2D eigenvalue weighted by atomic mass is 9.98. The van der Waals surface area contributed by atoms with Gasteiger partial charge in [-0.05, 0) is 28.5 Å². The minimum absolute atomic E-state index is 0.248. The van der Waals surface area contributed by atoms with E-state index in [0.29, 0.717) is 11.8 Å². The Kier molecular flexibility index (Phi) is 3.32. The average molecular weight is 272 g/mol. The monoisotopic (exact) mass is 272 g/mol. The van der Waals surface area contributed by atoms with E-state index in [4.69, 9.17) is 0 Å². The third kappa shape index (κ3) is 2.39.